The van der Waals surface area contributed by atoms with E-state index in [9.17, 15) is 4.79 Å². The maximum atomic E-state index is 12.4. The summed E-state index contributed by atoms with van der Waals surface area (Å²) in [6.45, 7) is 6.09. The highest BCUT2D eigenvalue weighted by Crippen LogP contribution is 2.22. The number of hydrogen-bond acceptors (Lipinski definition) is 1. The van der Waals surface area contributed by atoms with Gasteiger partial charge in [-0.1, -0.05) is 29.8 Å². The second-order valence-electron chi connectivity index (χ2n) is 4.25. The Labute approximate surface area is 109 Å². The minimum Gasteiger partial charge on any atom is -0.358 e. The van der Waals surface area contributed by atoms with E-state index in [2.05, 4.69) is 33.9 Å². The van der Waals surface area contributed by atoms with E-state index in [1.165, 1.54) is 5.56 Å². The van der Waals surface area contributed by atoms with Crippen LogP contribution in [0.25, 0.3) is 10.9 Å². The smallest absolute Gasteiger partial charge is 0.192 e. The first-order valence-corrected chi connectivity index (χ1v) is 6.71. The molecule has 1 N–H and O–H groups in total. The molecule has 0 saturated carbocycles. The standard InChI is InChI=1S/C14H16BrNO/c1-4-9-6-10(15)7-12-13(9)16-8(3)11(5-2)14(12)17/h6-7H,4-5H2,1-3H3,(H,16,17). The molecule has 0 atom stereocenters. The normalized spacial score (nSPS) is 11.1. The molecule has 1 aromatic heterocycles. The molecule has 90 valence electrons. The minimum absolute atomic E-state index is 0.162. The zero-order valence-corrected chi connectivity index (χ0v) is 11.9. The first-order valence-electron chi connectivity index (χ1n) is 5.92. The van der Waals surface area contributed by atoms with Crippen molar-refractivity contribution in [2.45, 2.75) is 33.6 Å². The van der Waals surface area contributed by atoms with Gasteiger partial charge in [0, 0.05) is 21.1 Å². The van der Waals surface area contributed by atoms with E-state index in [1.807, 2.05) is 19.9 Å². The minimum atomic E-state index is 0.162. The summed E-state index contributed by atoms with van der Waals surface area (Å²) in [7, 11) is 0. The van der Waals surface area contributed by atoms with Gasteiger partial charge in [0.25, 0.3) is 0 Å². The lowest BCUT2D eigenvalue weighted by atomic mass is 10.0. The molecule has 0 fully saturated rings. The molecule has 17 heavy (non-hydrogen) atoms. The maximum absolute atomic E-state index is 12.4. The van der Waals surface area contributed by atoms with Crippen molar-refractivity contribution in [1.82, 2.24) is 4.98 Å². The van der Waals surface area contributed by atoms with Crippen molar-refractivity contribution in [3.05, 3.63) is 43.6 Å². The van der Waals surface area contributed by atoms with Crippen LogP contribution in [0.15, 0.2) is 21.4 Å². The van der Waals surface area contributed by atoms with E-state index < -0.39 is 0 Å². The van der Waals surface area contributed by atoms with Crippen molar-refractivity contribution in [2.24, 2.45) is 0 Å². The predicted molar refractivity (Wildman–Crippen MR) is 75.8 cm³/mol. The Morgan fingerprint density at radius 1 is 1.24 bits per heavy atom. The molecule has 2 rings (SSSR count). The summed E-state index contributed by atoms with van der Waals surface area (Å²) < 4.78 is 0.971. The van der Waals surface area contributed by atoms with Gasteiger partial charge >= 0.3 is 0 Å². The summed E-state index contributed by atoms with van der Waals surface area (Å²) in [6, 6.07) is 3.98. The number of aryl methyl sites for hydroxylation is 2. The van der Waals surface area contributed by atoms with Crippen molar-refractivity contribution in [2.75, 3.05) is 0 Å². The van der Waals surface area contributed by atoms with Gasteiger partial charge in [0.1, 0.15) is 0 Å². The third-order valence-electron chi connectivity index (χ3n) is 3.20. The molecule has 0 spiro atoms. The Bertz CT molecular complexity index is 628. The molecule has 1 aromatic carbocycles. The van der Waals surface area contributed by atoms with Gasteiger partial charge in [0.05, 0.1) is 5.52 Å². The molecule has 0 radical (unpaired) electrons. The third kappa shape index (κ3) is 2.04. The molecule has 2 nitrogen and oxygen atoms in total. The van der Waals surface area contributed by atoms with Gasteiger partial charge in [-0.15, -0.1) is 0 Å². The number of rotatable bonds is 2. The predicted octanol–water partition coefficient (Wildman–Crippen LogP) is 3.72. The number of benzene rings is 1. The van der Waals surface area contributed by atoms with E-state index >= 15 is 0 Å². The molecule has 0 aliphatic heterocycles. The molecule has 2 aromatic rings. The van der Waals surface area contributed by atoms with Gasteiger partial charge in [-0.3, -0.25) is 4.79 Å². The van der Waals surface area contributed by atoms with Crippen LogP contribution < -0.4 is 5.43 Å². The van der Waals surface area contributed by atoms with Crippen LogP contribution in [-0.4, -0.2) is 4.98 Å². The molecule has 0 unspecified atom stereocenters. The average molecular weight is 294 g/mol. The number of nitrogens with one attached hydrogen (secondary N) is 1. The number of fused-ring (bicyclic) bond motifs is 1. The number of pyridine rings is 1. The molecule has 3 heteroatoms. The van der Waals surface area contributed by atoms with Crippen molar-refractivity contribution in [3.8, 4) is 0 Å². The fourth-order valence-electron chi connectivity index (χ4n) is 2.29. The Morgan fingerprint density at radius 2 is 1.94 bits per heavy atom. The summed E-state index contributed by atoms with van der Waals surface area (Å²) in [5.74, 6) is 0. The lowest BCUT2D eigenvalue weighted by Gasteiger charge is -2.10. The van der Waals surface area contributed by atoms with Crippen molar-refractivity contribution in [3.63, 3.8) is 0 Å². The van der Waals surface area contributed by atoms with E-state index in [1.54, 1.807) is 0 Å². The largest absolute Gasteiger partial charge is 0.358 e. The SMILES string of the molecule is CCc1c(C)[nH]c2c(CC)cc(Br)cc2c1=O. The van der Waals surface area contributed by atoms with Gasteiger partial charge in [0.2, 0.25) is 0 Å². The summed E-state index contributed by atoms with van der Waals surface area (Å²) >= 11 is 3.47. The highest BCUT2D eigenvalue weighted by molar-refractivity contribution is 9.10. The molecule has 0 saturated heterocycles. The summed E-state index contributed by atoms with van der Waals surface area (Å²) in [5, 5.41) is 0.790. The highest BCUT2D eigenvalue weighted by Gasteiger charge is 2.10. The molecule has 0 aliphatic rings. The zero-order valence-electron chi connectivity index (χ0n) is 10.4. The number of aromatic amines is 1. The summed E-state index contributed by atoms with van der Waals surface area (Å²) in [4.78, 5) is 15.7. The van der Waals surface area contributed by atoms with Gasteiger partial charge in [-0.2, -0.15) is 0 Å². The number of H-pyrrole nitrogens is 1. The van der Waals surface area contributed by atoms with Crippen LogP contribution in [0.3, 0.4) is 0 Å². The van der Waals surface area contributed by atoms with E-state index in [0.29, 0.717) is 0 Å². The van der Waals surface area contributed by atoms with E-state index in [4.69, 9.17) is 0 Å². The van der Waals surface area contributed by atoms with E-state index in [0.717, 1.165) is 39.5 Å². The highest BCUT2D eigenvalue weighted by atomic mass is 79.9. The van der Waals surface area contributed by atoms with Gasteiger partial charge in [0.15, 0.2) is 5.43 Å². The van der Waals surface area contributed by atoms with Crippen LogP contribution in [0.1, 0.15) is 30.7 Å². The maximum Gasteiger partial charge on any atom is 0.192 e. The molecular formula is C14H16BrNO. The Hall–Kier alpha value is -1.09. The van der Waals surface area contributed by atoms with Gasteiger partial charge in [-0.25, -0.2) is 0 Å². The van der Waals surface area contributed by atoms with E-state index in [-0.39, 0.29) is 5.43 Å². The second kappa shape index (κ2) is 4.65. The van der Waals surface area contributed by atoms with Crippen LogP contribution in [0, 0.1) is 6.92 Å². The van der Waals surface area contributed by atoms with Crippen molar-refractivity contribution >= 4 is 26.8 Å². The monoisotopic (exact) mass is 293 g/mol. The lowest BCUT2D eigenvalue weighted by molar-refractivity contribution is 1.04. The fraction of sp³-hybridized carbons (Fsp3) is 0.357. The molecule has 0 aliphatic carbocycles. The van der Waals surface area contributed by atoms with Crippen LogP contribution in [0.4, 0.5) is 0 Å². The number of aromatic nitrogens is 1. The van der Waals surface area contributed by atoms with Crippen LogP contribution in [-0.2, 0) is 12.8 Å². The van der Waals surface area contributed by atoms with Gasteiger partial charge < -0.3 is 4.98 Å². The lowest BCUT2D eigenvalue weighted by Crippen LogP contribution is -2.13. The molecular weight excluding hydrogens is 278 g/mol. The van der Waals surface area contributed by atoms with Crippen LogP contribution in [0.5, 0.6) is 0 Å². The second-order valence-corrected chi connectivity index (χ2v) is 5.17. The molecule has 0 bridgehead atoms. The number of hydrogen-bond donors (Lipinski definition) is 1. The topological polar surface area (TPSA) is 32.9 Å². The van der Waals surface area contributed by atoms with Gasteiger partial charge in [-0.05, 0) is 37.5 Å². The fourth-order valence-corrected chi connectivity index (χ4v) is 2.80. The van der Waals surface area contributed by atoms with Crippen LogP contribution in [0.2, 0.25) is 0 Å². The van der Waals surface area contributed by atoms with Crippen LogP contribution >= 0.6 is 15.9 Å². The zero-order chi connectivity index (χ0) is 12.6. The summed E-state index contributed by atoms with van der Waals surface area (Å²) in [6.07, 6.45) is 1.68. The third-order valence-corrected chi connectivity index (χ3v) is 3.66. The van der Waals surface area contributed by atoms with Crippen molar-refractivity contribution < 1.29 is 0 Å². The average Bonchev–Trinajstić information content (AvgIpc) is 2.30. The number of halogens is 1. The first-order chi connectivity index (χ1) is 8.08. The van der Waals surface area contributed by atoms with Crippen molar-refractivity contribution in [1.29, 1.82) is 0 Å². The molecule has 0 amide bonds. The molecule has 1 heterocycles. The summed E-state index contributed by atoms with van der Waals surface area (Å²) in [5.41, 5.74) is 4.20. The quantitative estimate of drug-likeness (QED) is 0.899. The Balaban J connectivity index is 2.96. The Morgan fingerprint density at radius 3 is 2.53 bits per heavy atom. The first kappa shape index (κ1) is 12.4. The Kier molecular flexibility index (Phi) is 3.38.